The Hall–Kier alpha value is -4.06. The molecule has 2 N–H and O–H groups in total. The van der Waals surface area contributed by atoms with E-state index >= 15 is 0 Å². The number of para-hydroxylation sites is 1. The number of nitrogens with one attached hydrogen (secondary N) is 2. The Labute approximate surface area is 184 Å². The Kier molecular flexibility index (Phi) is 5.11. The fourth-order valence-electron chi connectivity index (χ4n) is 4.50. The van der Waals surface area contributed by atoms with Crippen LogP contribution in [0.4, 0.5) is 4.79 Å². The van der Waals surface area contributed by atoms with Crippen LogP contribution in [0.1, 0.15) is 22.6 Å². The Morgan fingerprint density at radius 3 is 2.25 bits per heavy atom. The first-order valence-corrected chi connectivity index (χ1v) is 10.5. The van der Waals surface area contributed by atoms with E-state index in [9.17, 15) is 14.7 Å². The molecule has 0 aliphatic heterocycles. The molecule has 6 heteroatoms. The monoisotopic (exact) mass is 425 g/mol. The second kappa shape index (κ2) is 8.23. The molecule has 4 aromatic rings. The molecule has 6 nitrogen and oxygen atoms in total. The van der Waals surface area contributed by atoms with Crippen LogP contribution in [0.15, 0.2) is 79.0 Å². The maximum atomic E-state index is 12.5. The van der Waals surface area contributed by atoms with E-state index in [1.54, 1.807) is 6.20 Å². The van der Waals surface area contributed by atoms with Crippen molar-refractivity contribution in [2.24, 2.45) is 0 Å². The third-order valence-electron chi connectivity index (χ3n) is 6.02. The van der Waals surface area contributed by atoms with Crippen LogP contribution >= 0.6 is 0 Å². The molecular formula is C26H21N2O4-. The summed E-state index contributed by atoms with van der Waals surface area (Å²) in [6, 6.07) is 22.5. The Morgan fingerprint density at radius 1 is 0.938 bits per heavy atom. The zero-order chi connectivity index (χ0) is 22.1. The number of hydrogen-bond donors (Lipinski definition) is 2. The number of carboxylic acid groups (broad SMARTS) is 1. The Bertz CT molecular complexity index is 1260. The molecule has 32 heavy (non-hydrogen) atoms. The summed E-state index contributed by atoms with van der Waals surface area (Å²) in [5.41, 5.74) is 6.14. The summed E-state index contributed by atoms with van der Waals surface area (Å²) < 4.78 is 5.48. The van der Waals surface area contributed by atoms with E-state index in [2.05, 4.69) is 22.4 Å². The summed E-state index contributed by atoms with van der Waals surface area (Å²) >= 11 is 0. The van der Waals surface area contributed by atoms with E-state index in [0.29, 0.717) is 0 Å². The zero-order valence-electron chi connectivity index (χ0n) is 17.2. The summed E-state index contributed by atoms with van der Waals surface area (Å²) in [5.74, 6) is -1.45. The number of carboxylic acids is 1. The van der Waals surface area contributed by atoms with Crippen molar-refractivity contribution in [2.75, 3.05) is 6.61 Å². The predicted octanol–water partition coefficient (Wildman–Crippen LogP) is 3.37. The number of ether oxygens (including phenoxy) is 1. The number of H-pyrrole nitrogens is 1. The average molecular weight is 425 g/mol. The van der Waals surface area contributed by atoms with Gasteiger partial charge < -0.3 is 24.9 Å². The summed E-state index contributed by atoms with van der Waals surface area (Å²) in [4.78, 5) is 27.3. The highest BCUT2D eigenvalue weighted by Crippen LogP contribution is 2.44. The van der Waals surface area contributed by atoms with Gasteiger partial charge in [0.15, 0.2) is 0 Å². The number of aromatic amines is 1. The quantitative estimate of drug-likeness (QED) is 0.495. The predicted molar refractivity (Wildman–Crippen MR) is 119 cm³/mol. The van der Waals surface area contributed by atoms with Crippen molar-refractivity contribution in [2.45, 2.75) is 18.4 Å². The average Bonchev–Trinajstić information content (AvgIpc) is 3.36. The van der Waals surface area contributed by atoms with Crippen molar-refractivity contribution < 1.29 is 19.4 Å². The lowest BCUT2D eigenvalue weighted by Gasteiger charge is -2.20. The second-order valence-corrected chi connectivity index (χ2v) is 7.91. The minimum Gasteiger partial charge on any atom is -0.548 e. The van der Waals surface area contributed by atoms with Crippen molar-refractivity contribution in [3.63, 3.8) is 0 Å². The van der Waals surface area contributed by atoms with E-state index in [4.69, 9.17) is 4.74 Å². The van der Waals surface area contributed by atoms with E-state index in [-0.39, 0.29) is 18.9 Å². The second-order valence-electron chi connectivity index (χ2n) is 7.91. The lowest BCUT2D eigenvalue weighted by molar-refractivity contribution is -0.308. The molecule has 1 amide bonds. The van der Waals surface area contributed by atoms with Crippen LogP contribution in [0.3, 0.4) is 0 Å². The molecule has 0 saturated heterocycles. The lowest BCUT2D eigenvalue weighted by Crippen LogP contribution is -2.49. The molecule has 0 unspecified atom stereocenters. The number of carbonyl (C=O) groups excluding carboxylic acids is 2. The molecule has 0 saturated carbocycles. The molecule has 0 spiro atoms. The zero-order valence-corrected chi connectivity index (χ0v) is 17.2. The molecule has 3 aromatic carbocycles. The number of carbonyl (C=O) groups is 2. The van der Waals surface area contributed by atoms with E-state index in [1.807, 2.05) is 60.7 Å². The number of fused-ring (bicyclic) bond motifs is 4. The van der Waals surface area contributed by atoms with Gasteiger partial charge in [0.25, 0.3) is 0 Å². The summed E-state index contributed by atoms with van der Waals surface area (Å²) in [7, 11) is 0. The number of benzene rings is 3. The highest BCUT2D eigenvalue weighted by Gasteiger charge is 2.29. The summed E-state index contributed by atoms with van der Waals surface area (Å²) in [6.45, 7) is 0.118. The first-order chi connectivity index (χ1) is 15.6. The van der Waals surface area contributed by atoms with Crippen molar-refractivity contribution in [1.82, 2.24) is 10.3 Å². The molecule has 5 rings (SSSR count). The van der Waals surface area contributed by atoms with Crippen LogP contribution in [0.5, 0.6) is 0 Å². The van der Waals surface area contributed by atoms with Crippen LogP contribution in [0.25, 0.3) is 22.0 Å². The molecule has 0 fully saturated rings. The summed E-state index contributed by atoms with van der Waals surface area (Å²) in [5, 5.41) is 15.1. The fourth-order valence-corrected chi connectivity index (χ4v) is 4.50. The van der Waals surface area contributed by atoms with Crippen LogP contribution < -0.4 is 10.4 Å². The first kappa shape index (κ1) is 19.9. The molecule has 0 bridgehead atoms. The van der Waals surface area contributed by atoms with Crippen molar-refractivity contribution in [3.05, 3.63) is 95.7 Å². The number of aliphatic carboxylic acids is 1. The van der Waals surface area contributed by atoms with Gasteiger partial charge in [-0.2, -0.15) is 0 Å². The first-order valence-electron chi connectivity index (χ1n) is 10.5. The number of rotatable bonds is 6. The van der Waals surface area contributed by atoms with Gasteiger partial charge in [0.2, 0.25) is 0 Å². The van der Waals surface area contributed by atoms with Crippen molar-refractivity contribution in [1.29, 1.82) is 0 Å². The Morgan fingerprint density at radius 2 is 1.56 bits per heavy atom. The van der Waals surface area contributed by atoms with Crippen LogP contribution in [0, 0.1) is 0 Å². The number of aromatic nitrogens is 1. The fraction of sp³-hybridized carbons (Fsp3) is 0.154. The van der Waals surface area contributed by atoms with Gasteiger partial charge in [-0.1, -0.05) is 66.7 Å². The van der Waals surface area contributed by atoms with Gasteiger partial charge in [0.1, 0.15) is 6.61 Å². The van der Waals surface area contributed by atoms with Gasteiger partial charge in [-0.3, -0.25) is 0 Å². The maximum Gasteiger partial charge on any atom is 0.407 e. The number of alkyl carbamates (subject to hydrolysis) is 1. The molecule has 1 aliphatic rings. The van der Waals surface area contributed by atoms with Gasteiger partial charge in [-0.25, -0.2) is 4.79 Å². The van der Waals surface area contributed by atoms with Gasteiger partial charge in [0, 0.05) is 29.4 Å². The van der Waals surface area contributed by atoms with Gasteiger partial charge in [-0.05, 0) is 33.9 Å². The van der Waals surface area contributed by atoms with Gasteiger partial charge in [0.05, 0.1) is 12.0 Å². The lowest BCUT2D eigenvalue weighted by atomic mass is 9.98. The number of amides is 1. The van der Waals surface area contributed by atoms with E-state index in [0.717, 1.165) is 38.7 Å². The van der Waals surface area contributed by atoms with E-state index in [1.165, 1.54) is 0 Å². The standard InChI is InChI=1S/C26H22N2O4/c29-25(30)24(13-16-14-27-23-12-6-5-7-17(16)23)28-26(31)32-15-22-20-10-3-1-8-18(20)19-9-2-4-11-21(19)22/h1-12,14,22,24,27H,13,15H2,(H,28,31)(H,29,30)/p-1/t24-/m1/s1. The topological polar surface area (TPSA) is 94.2 Å². The van der Waals surface area contributed by atoms with Crippen molar-refractivity contribution >= 4 is 23.0 Å². The number of hydrogen-bond acceptors (Lipinski definition) is 4. The molecule has 1 aliphatic carbocycles. The normalized spacial score (nSPS) is 13.4. The van der Waals surface area contributed by atoms with Crippen molar-refractivity contribution in [3.8, 4) is 11.1 Å². The molecule has 1 atom stereocenters. The van der Waals surface area contributed by atoms with Crippen LogP contribution in [-0.4, -0.2) is 29.7 Å². The van der Waals surface area contributed by atoms with E-state index < -0.39 is 18.1 Å². The SMILES string of the molecule is O=C(N[C@H](Cc1c[nH]c2ccccc12)C(=O)[O-])OCC1c2ccccc2-c2ccccc21. The maximum absolute atomic E-state index is 12.5. The molecule has 1 aromatic heterocycles. The minimum absolute atomic E-state index is 0.0938. The van der Waals surface area contributed by atoms with Gasteiger partial charge >= 0.3 is 6.09 Å². The largest absolute Gasteiger partial charge is 0.548 e. The minimum atomic E-state index is -1.36. The molecule has 160 valence electrons. The summed E-state index contributed by atoms with van der Waals surface area (Å²) in [6.07, 6.45) is 1.07. The third-order valence-corrected chi connectivity index (χ3v) is 6.02. The molecule has 1 heterocycles. The molecule has 0 radical (unpaired) electrons. The smallest absolute Gasteiger partial charge is 0.407 e. The highest BCUT2D eigenvalue weighted by atomic mass is 16.5. The van der Waals surface area contributed by atoms with Gasteiger partial charge in [-0.15, -0.1) is 0 Å². The highest BCUT2D eigenvalue weighted by molar-refractivity contribution is 5.85. The third kappa shape index (κ3) is 3.60. The Balaban J connectivity index is 1.28. The van der Waals surface area contributed by atoms with Crippen LogP contribution in [-0.2, 0) is 16.0 Å². The molecular weight excluding hydrogens is 404 g/mol. The van der Waals surface area contributed by atoms with Crippen LogP contribution in [0.2, 0.25) is 0 Å².